The Kier molecular flexibility index (Phi) is 3.64. The van der Waals surface area contributed by atoms with Crippen molar-refractivity contribution in [1.82, 2.24) is 0 Å². The first kappa shape index (κ1) is 17.9. The molecule has 7 atom stereocenters. The molecule has 0 N–H and O–H groups in total. The first-order valence-corrected chi connectivity index (χ1v) is 11.2. The molecule has 5 aliphatic rings. The lowest BCUT2D eigenvalue weighted by molar-refractivity contribution is -0.168. The number of carbonyl (C=O) groups is 2. The van der Waals surface area contributed by atoms with Crippen LogP contribution in [0, 0.1) is 34.0 Å². The van der Waals surface area contributed by atoms with E-state index in [2.05, 4.69) is 26.8 Å². The van der Waals surface area contributed by atoms with Crippen LogP contribution >= 0.6 is 0 Å². The van der Waals surface area contributed by atoms with Crippen molar-refractivity contribution in [1.29, 1.82) is 0 Å². The lowest BCUT2D eigenvalue weighted by Gasteiger charge is -2.59. The van der Waals surface area contributed by atoms with Crippen molar-refractivity contribution in [3.63, 3.8) is 0 Å². The van der Waals surface area contributed by atoms with Crippen LogP contribution in [-0.4, -0.2) is 17.9 Å². The number of ether oxygens (including phenoxy) is 1. The molecule has 4 saturated carbocycles. The summed E-state index contributed by atoms with van der Waals surface area (Å²) >= 11 is 0. The monoisotopic (exact) mass is 370 g/mol. The Labute approximate surface area is 163 Å². The number of esters is 1. The molecule has 4 aliphatic carbocycles. The molecule has 0 aromatic rings. The molecule has 3 nitrogen and oxygen atoms in total. The molecular weight excluding hydrogens is 336 g/mol. The SMILES string of the molecule is C/C=C1/CCC2C3CCC4(CCC(=O)O4)C3(C)C[C@H]3C[C@@]23C1(C)CCC=O. The normalized spacial score (nSPS) is 54.4. The number of hydrogen-bond acceptors (Lipinski definition) is 3. The molecule has 0 bridgehead atoms. The maximum absolute atomic E-state index is 12.0. The second-order valence-corrected chi connectivity index (χ2v) is 10.7. The van der Waals surface area contributed by atoms with Crippen molar-refractivity contribution in [3.05, 3.63) is 11.6 Å². The third-order valence-electron chi connectivity index (χ3n) is 10.3. The lowest BCUT2D eigenvalue weighted by Crippen LogP contribution is -2.55. The van der Waals surface area contributed by atoms with Crippen molar-refractivity contribution in [2.75, 3.05) is 0 Å². The highest BCUT2D eigenvalue weighted by Gasteiger charge is 2.79. The summed E-state index contributed by atoms with van der Waals surface area (Å²) in [6, 6.07) is 0. The van der Waals surface area contributed by atoms with Crippen LogP contribution in [0.2, 0.25) is 0 Å². The molecule has 27 heavy (non-hydrogen) atoms. The van der Waals surface area contributed by atoms with Gasteiger partial charge in [-0.15, -0.1) is 0 Å². The van der Waals surface area contributed by atoms with Gasteiger partial charge in [0.2, 0.25) is 0 Å². The smallest absolute Gasteiger partial charge is 0.306 e. The molecule has 0 aromatic carbocycles. The molecular formula is C24H34O3. The van der Waals surface area contributed by atoms with Crippen LogP contribution in [0.5, 0.6) is 0 Å². The first-order chi connectivity index (χ1) is 12.9. The summed E-state index contributed by atoms with van der Waals surface area (Å²) in [7, 11) is 0. The van der Waals surface area contributed by atoms with Gasteiger partial charge in [0.05, 0.1) is 0 Å². The predicted octanol–water partition coefficient (Wildman–Crippen LogP) is 5.23. The van der Waals surface area contributed by atoms with Gasteiger partial charge in [0.25, 0.3) is 0 Å². The van der Waals surface area contributed by atoms with Gasteiger partial charge in [-0.05, 0) is 86.9 Å². The summed E-state index contributed by atoms with van der Waals surface area (Å²) in [5.41, 5.74) is 2.16. The average Bonchev–Trinajstić information content (AvgIpc) is 3.13. The summed E-state index contributed by atoms with van der Waals surface area (Å²) in [5.74, 6) is 2.18. The van der Waals surface area contributed by atoms with Crippen molar-refractivity contribution >= 4 is 12.3 Å². The van der Waals surface area contributed by atoms with Crippen molar-refractivity contribution in [2.24, 2.45) is 34.0 Å². The van der Waals surface area contributed by atoms with E-state index in [1.165, 1.54) is 32.1 Å². The van der Waals surface area contributed by atoms with E-state index in [0.29, 0.717) is 24.2 Å². The van der Waals surface area contributed by atoms with Crippen LogP contribution in [0.4, 0.5) is 0 Å². The van der Waals surface area contributed by atoms with Gasteiger partial charge in [-0.1, -0.05) is 25.5 Å². The highest BCUT2D eigenvalue weighted by Crippen LogP contribution is 2.84. The Balaban J connectivity index is 1.54. The zero-order chi connectivity index (χ0) is 19.1. The van der Waals surface area contributed by atoms with E-state index in [-0.39, 0.29) is 22.4 Å². The first-order valence-electron chi connectivity index (χ1n) is 11.2. The molecule has 148 valence electrons. The Morgan fingerprint density at radius 3 is 2.59 bits per heavy atom. The summed E-state index contributed by atoms with van der Waals surface area (Å²) in [6.45, 7) is 7.12. The van der Waals surface area contributed by atoms with Gasteiger partial charge in [0, 0.05) is 18.3 Å². The molecule has 0 aromatic heterocycles. The Hall–Kier alpha value is -1.12. The minimum Gasteiger partial charge on any atom is -0.458 e. The van der Waals surface area contributed by atoms with E-state index < -0.39 is 0 Å². The minimum atomic E-state index is -0.177. The number of carbonyl (C=O) groups excluding carboxylic acids is 2. The molecule has 1 heterocycles. The molecule has 5 fully saturated rings. The number of aldehydes is 1. The largest absolute Gasteiger partial charge is 0.458 e. The zero-order valence-electron chi connectivity index (χ0n) is 17.2. The standard InChI is InChI=1S/C24H34O3/c1-4-16-6-7-19-18-8-11-23(12-9-20(26)27-23)22(18,3)14-17-15-24(17,19)21(16,2)10-5-13-25/h4,13,17-19H,5-12,14-15H2,1-3H3/b16-4-/t17-,18?,19?,21?,22?,23?,24-/m0/s1. The summed E-state index contributed by atoms with van der Waals surface area (Å²) in [6.07, 6.45) is 14.0. The van der Waals surface area contributed by atoms with E-state index >= 15 is 0 Å². The quantitative estimate of drug-likeness (QED) is 0.388. The fourth-order valence-electron chi connectivity index (χ4n) is 9.08. The predicted molar refractivity (Wildman–Crippen MR) is 104 cm³/mol. The van der Waals surface area contributed by atoms with Crippen LogP contribution in [0.1, 0.15) is 85.0 Å². The number of allylic oxidation sites excluding steroid dienone is 2. The topological polar surface area (TPSA) is 43.4 Å². The van der Waals surface area contributed by atoms with Crippen LogP contribution in [0.25, 0.3) is 0 Å². The molecule has 0 amide bonds. The van der Waals surface area contributed by atoms with Crippen molar-refractivity contribution < 1.29 is 14.3 Å². The Morgan fingerprint density at radius 2 is 1.93 bits per heavy atom. The van der Waals surface area contributed by atoms with E-state index in [9.17, 15) is 9.59 Å². The highest BCUT2D eigenvalue weighted by molar-refractivity contribution is 5.72. The summed E-state index contributed by atoms with van der Waals surface area (Å²) in [5, 5.41) is 0. The molecule has 2 spiro atoms. The minimum absolute atomic E-state index is 0.0279. The number of rotatable bonds is 3. The molecule has 3 heteroatoms. The van der Waals surface area contributed by atoms with E-state index in [0.717, 1.165) is 37.4 Å². The fourth-order valence-corrected chi connectivity index (χ4v) is 9.08. The van der Waals surface area contributed by atoms with Gasteiger partial charge in [0.15, 0.2) is 0 Å². The fraction of sp³-hybridized carbons (Fsp3) is 0.833. The van der Waals surface area contributed by atoms with E-state index in [4.69, 9.17) is 4.74 Å². The molecule has 5 rings (SSSR count). The third kappa shape index (κ3) is 1.94. The van der Waals surface area contributed by atoms with Gasteiger partial charge in [0.1, 0.15) is 11.9 Å². The Morgan fingerprint density at radius 1 is 1.11 bits per heavy atom. The van der Waals surface area contributed by atoms with Gasteiger partial charge in [-0.25, -0.2) is 0 Å². The summed E-state index contributed by atoms with van der Waals surface area (Å²) in [4.78, 5) is 23.3. The van der Waals surface area contributed by atoms with Crippen molar-refractivity contribution in [2.45, 2.75) is 90.6 Å². The van der Waals surface area contributed by atoms with Crippen LogP contribution in [-0.2, 0) is 14.3 Å². The van der Waals surface area contributed by atoms with Gasteiger partial charge >= 0.3 is 5.97 Å². The molecule has 0 radical (unpaired) electrons. The van der Waals surface area contributed by atoms with Crippen molar-refractivity contribution in [3.8, 4) is 0 Å². The number of hydrogen-bond donors (Lipinski definition) is 0. The third-order valence-corrected chi connectivity index (χ3v) is 10.3. The molecule has 1 saturated heterocycles. The lowest BCUT2D eigenvalue weighted by atomic mass is 9.46. The van der Waals surface area contributed by atoms with Gasteiger partial charge < -0.3 is 9.53 Å². The van der Waals surface area contributed by atoms with Crippen LogP contribution in [0.3, 0.4) is 0 Å². The number of fused-ring (bicyclic) bond motifs is 3. The average molecular weight is 371 g/mol. The molecule has 5 unspecified atom stereocenters. The van der Waals surface area contributed by atoms with Crippen LogP contribution in [0.15, 0.2) is 11.6 Å². The second-order valence-electron chi connectivity index (χ2n) is 10.7. The zero-order valence-corrected chi connectivity index (χ0v) is 17.2. The highest BCUT2D eigenvalue weighted by atomic mass is 16.6. The molecule has 1 aliphatic heterocycles. The van der Waals surface area contributed by atoms with Gasteiger partial charge in [-0.3, -0.25) is 4.79 Å². The van der Waals surface area contributed by atoms with E-state index in [1.54, 1.807) is 5.57 Å². The van der Waals surface area contributed by atoms with Gasteiger partial charge in [-0.2, -0.15) is 0 Å². The second kappa shape index (κ2) is 5.48. The summed E-state index contributed by atoms with van der Waals surface area (Å²) < 4.78 is 6.09. The maximum atomic E-state index is 12.0. The maximum Gasteiger partial charge on any atom is 0.306 e. The van der Waals surface area contributed by atoms with Crippen LogP contribution < -0.4 is 0 Å². The Bertz CT molecular complexity index is 725. The van der Waals surface area contributed by atoms with E-state index in [1.807, 2.05) is 0 Å².